The number of hydrogen-bond donors (Lipinski definition) is 1. The third-order valence-electron chi connectivity index (χ3n) is 3.08. The zero-order chi connectivity index (χ0) is 16.8. The van der Waals surface area contributed by atoms with Crippen LogP contribution in [0.15, 0.2) is 23.1 Å². The number of benzene rings is 1. The molecule has 0 atom stereocenters. The van der Waals surface area contributed by atoms with Gasteiger partial charge in [0.25, 0.3) is 0 Å². The molecule has 120 valence electrons. The molecule has 2 rings (SSSR count). The largest absolute Gasteiger partial charge is 0.326 e. The highest BCUT2D eigenvalue weighted by Gasteiger charge is 2.65. The van der Waals surface area contributed by atoms with Gasteiger partial charge in [-0.15, -0.1) is 0 Å². The SMILES string of the molecule is [B]CC(=O)c1cc(NC(=O)C2CC2)cc(S(F)(F)(F)(F)F)c1. The molecular formula is C12H11BF5NO2S. The second-order valence-electron chi connectivity index (χ2n) is 5.11. The van der Waals surface area contributed by atoms with Crippen LogP contribution in [-0.2, 0) is 4.79 Å². The van der Waals surface area contributed by atoms with Crippen molar-refractivity contribution in [2.24, 2.45) is 5.92 Å². The van der Waals surface area contributed by atoms with Gasteiger partial charge >= 0.3 is 10.2 Å². The van der Waals surface area contributed by atoms with Crippen molar-refractivity contribution >= 4 is 35.4 Å². The number of amides is 1. The van der Waals surface area contributed by atoms with Gasteiger partial charge < -0.3 is 5.32 Å². The Kier molecular flexibility index (Phi) is 3.41. The lowest BCUT2D eigenvalue weighted by Crippen LogP contribution is -2.15. The molecule has 1 amide bonds. The van der Waals surface area contributed by atoms with Gasteiger partial charge in [0.05, 0.1) is 7.85 Å². The zero-order valence-electron chi connectivity index (χ0n) is 11.1. The molecule has 1 fully saturated rings. The Bertz CT molecular complexity index is 657. The fourth-order valence-corrected chi connectivity index (χ4v) is 2.46. The summed E-state index contributed by atoms with van der Waals surface area (Å²) in [4.78, 5) is 20.8. The molecule has 22 heavy (non-hydrogen) atoms. The topological polar surface area (TPSA) is 46.2 Å². The summed E-state index contributed by atoms with van der Waals surface area (Å²) in [5.74, 6) is -1.84. The summed E-state index contributed by atoms with van der Waals surface area (Å²) >= 11 is 0. The fourth-order valence-electron chi connectivity index (χ4n) is 1.76. The van der Waals surface area contributed by atoms with Crippen LogP contribution in [0.2, 0.25) is 6.32 Å². The van der Waals surface area contributed by atoms with E-state index < -0.39 is 44.4 Å². The van der Waals surface area contributed by atoms with Gasteiger partial charge in [0.15, 0.2) is 5.78 Å². The highest BCUT2D eigenvalue weighted by Crippen LogP contribution is 3.02. The van der Waals surface area contributed by atoms with Crippen LogP contribution in [-0.4, -0.2) is 19.5 Å². The van der Waals surface area contributed by atoms with Crippen molar-refractivity contribution in [2.75, 3.05) is 5.32 Å². The van der Waals surface area contributed by atoms with E-state index in [2.05, 4.69) is 5.32 Å². The molecular weight excluding hydrogens is 328 g/mol. The second kappa shape index (κ2) is 4.47. The molecule has 0 aliphatic heterocycles. The Morgan fingerprint density at radius 2 is 1.73 bits per heavy atom. The first-order chi connectivity index (χ1) is 9.80. The first kappa shape index (κ1) is 16.8. The van der Waals surface area contributed by atoms with Crippen molar-refractivity contribution in [3.05, 3.63) is 23.8 Å². The molecule has 0 saturated heterocycles. The number of carbonyl (C=O) groups excluding carboxylic acids is 2. The normalized spacial score (nSPS) is 18.2. The average Bonchev–Trinajstić information content (AvgIpc) is 3.18. The number of anilines is 1. The van der Waals surface area contributed by atoms with Crippen LogP contribution in [0.3, 0.4) is 0 Å². The summed E-state index contributed by atoms with van der Waals surface area (Å²) < 4.78 is 64.6. The number of carbonyl (C=O) groups is 2. The lowest BCUT2D eigenvalue weighted by Gasteiger charge is -2.40. The molecule has 0 bridgehead atoms. The number of hydrogen-bond acceptors (Lipinski definition) is 2. The maximum Gasteiger partial charge on any atom is 0.310 e. The molecule has 1 saturated carbocycles. The Balaban J connectivity index is 2.50. The molecule has 2 radical (unpaired) electrons. The van der Waals surface area contributed by atoms with Crippen LogP contribution >= 0.6 is 10.2 Å². The third kappa shape index (κ3) is 3.99. The molecule has 0 spiro atoms. The quantitative estimate of drug-likeness (QED) is 0.489. The Morgan fingerprint density at radius 3 is 2.18 bits per heavy atom. The summed E-state index contributed by atoms with van der Waals surface area (Å²) in [5, 5.41) is 2.12. The predicted octanol–water partition coefficient (Wildman–Crippen LogP) is 4.46. The van der Waals surface area contributed by atoms with Gasteiger partial charge in [-0.05, 0) is 37.4 Å². The van der Waals surface area contributed by atoms with Crippen LogP contribution in [0.25, 0.3) is 0 Å². The molecule has 0 aromatic heterocycles. The van der Waals surface area contributed by atoms with Crippen LogP contribution in [0.5, 0.6) is 0 Å². The Morgan fingerprint density at radius 1 is 1.14 bits per heavy atom. The summed E-state index contributed by atoms with van der Waals surface area (Å²) in [7, 11) is -4.93. The van der Waals surface area contributed by atoms with Crippen LogP contribution in [0.1, 0.15) is 23.2 Å². The van der Waals surface area contributed by atoms with Gasteiger partial charge in [0.2, 0.25) is 5.91 Å². The monoisotopic (exact) mass is 339 g/mol. The average molecular weight is 339 g/mol. The van der Waals surface area contributed by atoms with E-state index in [9.17, 15) is 29.0 Å². The number of rotatable bonds is 5. The third-order valence-corrected chi connectivity index (χ3v) is 4.20. The van der Waals surface area contributed by atoms with Crippen molar-refractivity contribution < 1.29 is 29.0 Å². The maximum atomic E-state index is 12.9. The lowest BCUT2D eigenvalue weighted by atomic mass is 9.96. The summed E-state index contributed by atoms with van der Waals surface area (Å²) in [5.41, 5.74) is -1.13. The number of nitrogens with one attached hydrogen (secondary N) is 1. The van der Waals surface area contributed by atoms with Gasteiger partial charge in [-0.25, -0.2) is 0 Å². The molecule has 1 aromatic carbocycles. The maximum absolute atomic E-state index is 12.9. The highest BCUT2D eigenvalue weighted by atomic mass is 32.5. The molecule has 1 N–H and O–H groups in total. The molecule has 1 aromatic rings. The van der Waals surface area contributed by atoms with E-state index in [0.29, 0.717) is 12.8 Å². The molecule has 1 aliphatic carbocycles. The van der Waals surface area contributed by atoms with Crippen LogP contribution in [0.4, 0.5) is 25.1 Å². The molecule has 3 nitrogen and oxygen atoms in total. The smallest absolute Gasteiger partial charge is 0.310 e. The summed E-state index contributed by atoms with van der Waals surface area (Å²) in [6.07, 6.45) is 0.531. The number of halogens is 5. The lowest BCUT2D eigenvalue weighted by molar-refractivity contribution is -0.117. The summed E-state index contributed by atoms with van der Waals surface area (Å²) in [6, 6.07) is 1.10. The van der Waals surface area contributed by atoms with Crippen LogP contribution < -0.4 is 5.32 Å². The van der Waals surface area contributed by atoms with E-state index >= 15 is 0 Å². The van der Waals surface area contributed by atoms with E-state index in [4.69, 9.17) is 7.85 Å². The van der Waals surface area contributed by atoms with E-state index in [1.165, 1.54) is 0 Å². The van der Waals surface area contributed by atoms with Gasteiger partial charge in [0, 0.05) is 17.2 Å². The molecule has 0 unspecified atom stereocenters. The number of ketones is 1. The van der Waals surface area contributed by atoms with Crippen LogP contribution in [0, 0.1) is 5.92 Å². The summed E-state index contributed by atoms with van der Waals surface area (Å²) in [6.45, 7) is 0. The minimum absolute atomic E-state index is 0.0591. The van der Waals surface area contributed by atoms with E-state index in [-0.39, 0.29) is 18.1 Å². The first-order valence-corrected chi connectivity index (χ1v) is 8.18. The minimum atomic E-state index is -9.98. The molecule has 10 heteroatoms. The standard InChI is InChI=1S/C12H11BF5NO2S/c13-6-11(20)8-3-9(19-12(21)7-1-2-7)5-10(4-8)22(14,15,16,17)18/h3-5,7H,1-2,6H2,(H,19,21). The van der Waals surface area contributed by atoms with Crippen molar-refractivity contribution in [1.82, 2.24) is 0 Å². The first-order valence-electron chi connectivity index (χ1n) is 6.23. The molecule has 1 aliphatic rings. The predicted molar refractivity (Wildman–Crippen MR) is 74.1 cm³/mol. The minimum Gasteiger partial charge on any atom is -0.326 e. The highest BCUT2D eigenvalue weighted by molar-refractivity contribution is 8.45. The van der Waals surface area contributed by atoms with E-state index in [0.717, 1.165) is 6.07 Å². The van der Waals surface area contributed by atoms with Crippen molar-refractivity contribution in [1.29, 1.82) is 0 Å². The second-order valence-corrected chi connectivity index (χ2v) is 7.52. The van der Waals surface area contributed by atoms with Gasteiger partial charge in [-0.2, -0.15) is 0 Å². The fraction of sp³-hybridized carbons (Fsp3) is 0.333. The van der Waals surface area contributed by atoms with E-state index in [1.807, 2.05) is 0 Å². The van der Waals surface area contributed by atoms with Gasteiger partial charge in [-0.3, -0.25) is 9.59 Å². The van der Waals surface area contributed by atoms with Crippen molar-refractivity contribution in [3.63, 3.8) is 0 Å². The van der Waals surface area contributed by atoms with Crippen molar-refractivity contribution in [2.45, 2.75) is 24.1 Å². The molecule has 0 heterocycles. The zero-order valence-corrected chi connectivity index (χ0v) is 11.9. The van der Waals surface area contributed by atoms with E-state index in [1.54, 1.807) is 0 Å². The van der Waals surface area contributed by atoms with Crippen molar-refractivity contribution in [3.8, 4) is 0 Å². The van der Waals surface area contributed by atoms with Gasteiger partial charge in [-0.1, -0.05) is 19.4 Å². The number of Topliss-reactive ketones (excluding diaryl/α,β-unsaturated/α-hetero) is 1. The van der Waals surface area contributed by atoms with Gasteiger partial charge in [0.1, 0.15) is 4.90 Å². The Hall–Kier alpha value is -1.58. The Labute approximate surface area is 124 Å².